The second-order valence-corrected chi connectivity index (χ2v) is 5.75. The zero-order chi connectivity index (χ0) is 19.1. The van der Waals surface area contributed by atoms with Crippen molar-refractivity contribution in [3.8, 4) is 11.5 Å². The van der Waals surface area contributed by atoms with Gasteiger partial charge in [0.2, 0.25) is 5.91 Å². The lowest BCUT2D eigenvalue weighted by atomic mass is 10.1. The van der Waals surface area contributed by atoms with Crippen molar-refractivity contribution >= 4 is 11.8 Å². The average Bonchev–Trinajstić information content (AvgIpc) is 2.69. The topological polar surface area (TPSA) is 67.4 Å². The lowest BCUT2D eigenvalue weighted by Crippen LogP contribution is -2.42. The predicted molar refractivity (Wildman–Crippen MR) is 98.7 cm³/mol. The molecule has 0 aliphatic carbocycles. The van der Waals surface area contributed by atoms with E-state index in [9.17, 15) is 14.0 Å². The van der Waals surface area contributed by atoms with E-state index in [0.29, 0.717) is 22.6 Å². The van der Waals surface area contributed by atoms with Crippen molar-refractivity contribution < 1.29 is 18.7 Å². The molecule has 0 saturated carbocycles. The van der Waals surface area contributed by atoms with Crippen molar-refractivity contribution in [2.24, 2.45) is 0 Å². The fourth-order valence-electron chi connectivity index (χ4n) is 2.33. The third-order valence-corrected chi connectivity index (χ3v) is 3.69. The zero-order valence-electron chi connectivity index (χ0n) is 14.3. The van der Waals surface area contributed by atoms with Gasteiger partial charge in [-0.25, -0.2) is 4.39 Å². The lowest BCUT2D eigenvalue weighted by molar-refractivity contribution is -0.121. The summed E-state index contributed by atoms with van der Waals surface area (Å²) in [5, 5.41) is 0. The minimum Gasteiger partial charge on any atom is -0.457 e. The zero-order valence-corrected chi connectivity index (χ0v) is 14.3. The lowest BCUT2D eigenvalue weighted by Gasteiger charge is -2.09. The molecule has 0 aromatic heterocycles. The average molecular weight is 364 g/mol. The van der Waals surface area contributed by atoms with Crippen LogP contribution in [0.2, 0.25) is 0 Å². The summed E-state index contributed by atoms with van der Waals surface area (Å²) in [4.78, 5) is 24.0. The molecule has 0 aliphatic heterocycles. The van der Waals surface area contributed by atoms with E-state index in [1.165, 1.54) is 24.3 Å². The van der Waals surface area contributed by atoms with Crippen LogP contribution in [0.25, 0.3) is 0 Å². The first-order valence-electron chi connectivity index (χ1n) is 8.27. The molecule has 2 N–H and O–H groups in total. The van der Waals surface area contributed by atoms with Crippen molar-refractivity contribution in [3.63, 3.8) is 0 Å². The maximum Gasteiger partial charge on any atom is 0.269 e. The summed E-state index contributed by atoms with van der Waals surface area (Å²) in [7, 11) is 0. The molecule has 0 atom stereocenters. The Labute approximate surface area is 155 Å². The van der Waals surface area contributed by atoms with Gasteiger partial charge in [0.05, 0.1) is 6.42 Å². The highest BCUT2D eigenvalue weighted by Gasteiger charge is 2.08. The van der Waals surface area contributed by atoms with Crippen LogP contribution in [0.5, 0.6) is 11.5 Å². The number of hydrogen-bond donors (Lipinski definition) is 2. The van der Waals surface area contributed by atoms with Gasteiger partial charge in [-0.3, -0.25) is 20.4 Å². The number of amides is 2. The molecule has 0 fully saturated rings. The Balaban J connectivity index is 1.50. The summed E-state index contributed by atoms with van der Waals surface area (Å²) in [6.45, 7) is 0. The molecule has 0 aliphatic rings. The Morgan fingerprint density at radius 3 is 2.07 bits per heavy atom. The van der Waals surface area contributed by atoms with Gasteiger partial charge in [0.15, 0.2) is 0 Å². The molecule has 0 saturated heterocycles. The largest absolute Gasteiger partial charge is 0.457 e. The molecule has 0 spiro atoms. The van der Waals surface area contributed by atoms with Crippen molar-refractivity contribution in [3.05, 3.63) is 95.8 Å². The van der Waals surface area contributed by atoms with E-state index in [1.807, 2.05) is 30.3 Å². The summed E-state index contributed by atoms with van der Waals surface area (Å²) < 4.78 is 18.5. The van der Waals surface area contributed by atoms with Gasteiger partial charge in [-0.05, 0) is 54.1 Å². The minimum atomic E-state index is -0.450. The van der Waals surface area contributed by atoms with E-state index in [4.69, 9.17) is 4.74 Å². The molecule has 2 amide bonds. The van der Waals surface area contributed by atoms with Crippen LogP contribution < -0.4 is 15.6 Å². The Morgan fingerprint density at radius 1 is 0.778 bits per heavy atom. The fraction of sp³-hybridized carbons (Fsp3) is 0.0476. The molecule has 5 nitrogen and oxygen atoms in total. The number of carbonyl (C=O) groups is 2. The van der Waals surface area contributed by atoms with E-state index in [0.717, 1.165) is 0 Å². The highest BCUT2D eigenvalue weighted by atomic mass is 19.1. The Kier molecular flexibility index (Phi) is 5.79. The first-order valence-corrected chi connectivity index (χ1v) is 8.27. The van der Waals surface area contributed by atoms with Crippen molar-refractivity contribution in [2.45, 2.75) is 6.42 Å². The first kappa shape index (κ1) is 18.1. The molecule has 0 bridgehead atoms. The van der Waals surface area contributed by atoms with E-state index >= 15 is 0 Å². The molecular formula is C21H17FN2O3. The minimum absolute atomic E-state index is 0.0322. The Morgan fingerprint density at radius 2 is 1.41 bits per heavy atom. The second-order valence-electron chi connectivity index (χ2n) is 5.75. The number of rotatable bonds is 5. The van der Waals surface area contributed by atoms with Crippen LogP contribution in [0, 0.1) is 5.82 Å². The predicted octanol–water partition coefficient (Wildman–Crippen LogP) is 3.62. The standard InChI is InChI=1S/C21H17FN2O3/c22-17-10-6-15(7-11-17)14-20(25)23-24-21(26)16-8-12-19(13-9-16)27-18-4-2-1-3-5-18/h1-13H,14H2,(H,23,25)(H,24,26). The molecule has 0 heterocycles. The van der Waals surface area contributed by atoms with Gasteiger partial charge in [0, 0.05) is 5.56 Å². The fourth-order valence-corrected chi connectivity index (χ4v) is 2.33. The molecule has 6 heteroatoms. The quantitative estimate of drug-likeness (QED) is 0.680. The smallest absolute Gasteiger partial charge is 0.269 e. The molecule has 0 radical (unpaired) electrons. The van der Waals surface area contributed by atoms with Gasteiger partial charge in [-0.2, -0.15) is 0 Å². The third-order valence-electron chi connectivity index (χ3n) is 3.69. The van der Waals surface area contributed by atoms with Crippen LogP contribution in [0.3, 0.4) is 0 Å². The third kappa shape index (κ3) is 5.40. The molecule has 27 heavy (non-hydrogen) atoms. The summed E-state index contributed by atoms with van der Waals surface area (Å²) in [5.74, 6) is 0.0701. The van der Waals surface area contributed by atoms with Gasteiger partial charge >= 0.3 is 0 Å². The number of hydrogen-bond acceptors (Lipinski definition) is 3. The van der Waals surface area contributed by atoms with Crippen LogP contribution in [0.4, 0.5) is 4.39 Å². The van der Waals surface area contributed by atoms with Crippen LogP contribution >= 0.6 is 0 Å². The van der Waals surface area contributed by atoms with Crippen LogP contribution in [-0.4, -0.2) is 11.8 Å². The summed E-state index contributed by atoms with van der Waals surface area (Å²) >= 11 is 0. The Bertz CT molecular complexity index is 910. The number of para-hydroxylation sites is 1. The maximum atomic E-state index is 12.8. The highest BCUT2D eigenvalue weighted by Crippen LogP contribution is 2.21. The number of benzene rings is 3. The van der Waals surface area contributed by atoms with Crippen LogP contribution in [0.15, 0.2) is 78.9 Å². The SMILES string of the molecule is O=C(Cc1ccc(F)cc1)NNC(=O)c1ccc(Oc2ccccc2)cc1. The highest BCUT2D eigenvalue weighted by molar-refractivity contribution is 5.95. The van der Waals surface area contributed by atoms with Crippen LogP contribution in [-0.2, 0) is 11.2 Å². The normalized spacial score (nSPS) is 10.1. The van der Waals surface area contributed by atoms with Crippen molar-refractivity contribution in [1.29, 1.82) is 0 Å². The summed E-state index contributed by atoms with van der Waals surface area (Å²) in [6.07, 6.45) is 0.0322. The van der Waals surface area contributed by atoms with Gasteiger partial charge in [-0.15, -0.1) is 0 Å². The molecule has 3 rings (SSSR count). The number of hydrazine groups is 1. The Hall–Kier alpha value is -3.67. The van der Waals surface area contributed by atoms with E-state index in [2.05, 4.69) is 10.9 Å². The van der Waals surface area contributed by atoms with Crippen molar-refractivity contribution in [2.75, 3.05) is 0 Å². The number of halogens is 1. The maximum absolute atomic E-state index is 12.8. The van der Waals surface area contributed by atoms with Crippen molar-refractivity contribution in [1.82, 2.24) is 10.9 Å². The number of carbonyl (C=O) groups excluding carboxylic acids is 2. The molecule has 3 aromatic carbocycles. The molecule has 3 aromatic rings. The van der Waals surface area contributed by atoms with E-state index < -0.39 is 11.8 Å². The molecule has 0 unspecified atom stereocenters. The van der Waals surface area contributed by atoms with E-state index in [-0.39, 0.29) is 12.2 Å². The summed E-state index contributed by atoms with van der Waals surface area (Å²) in [5.41, 5.74) is 5.70. The number of ether oxygens (including phenoxy) is 1. The monoisotopic (exact) mass is 364 g/mol. The second kappa shape index (κ2) is 8.62. The van der Waals surface area contributed by atoms with E-state index in [1.54, 1.807) is 24.3 Å². The number of nitrogens with one attached hydrogen (secondary N) is 2. The molecule has 136 valence electrons. The van der Waals surface area contributed by atoms with Gasteiger partial charge in [0.25, 0.3) is 5.91 Å². The van der Waals surface area contributed by atoms with Gasteiger partial charge in [-0.1, -0.05) is 30.3 Å². The molecular weight excluding hydrogens is 347 g/mol. The van der Waals surface area contributed by atoms with Crippen LogP contribution in [0.1, 0.15) is 15.9 Å². The van der Waals surface area contributed by atoms with Gasteiger partial charge < -0.3 is 4.74 Å². The summed E-state index contributed by atoms with van der Waals surface area (Å²) in [6, 6.07) is 21.4. The first-order chi connectivity index (χ1) is 13.1. The van der Waals surface area contributed by atoms with Gasteiger partial charge in [0.1, 0.15) is 17.3 Å².